The van der Waals surface area contributed by atoms with E-state index in [-0.39, 0.29) is 35.8 Å². The number of sulfonamides is 1. The van der Waals surface area contributed by atoms with E-state index in [4.69, 9.17) is 36.5 Å². The van der Waals surface area contributed by atoms with Gasteiger partial charge in [-0.1, -0.05) is 24.3 Å². The second kappa shape index (κ2) is 13.2. The van der Waals surface area contributed by atoms with E-state index in [0.29, 0.717) is 12.0 Å². The molecule has 7 N–H and O–H groups in total. The van der Waals surface area contributed by atoms with Crippen molar-refractivity contribution >= 4 is 33.6 Å². The van der Waals surface area contributed by atoms with Crippen LogP contribution in [0.2, 0.25) is 0 Å². The number of likely N-dealkylation sites (N-methyl/N-ethyl adjacent to an activating group) is 1. The van der Waals surface area contributed by atoms with Crippen molar-refractivity contribution in [2.75, 3.05) is 27.9 Å². The van der Waals surface area contributed by atoms with Crippen LogP contribution in [0.25, 0.3) is 0 Å². The zero-order valence-electron chi connectivity index (χ0n) is 23.7. The lowest BCUT2D eigenvalue weighted by Gasteiger charge is -2.33. The molecule has 1 saturated heterocycles. The summed E-state index contributed by atoms with van der Waals surface area (Å²) in [4.78, 5) is 41.0. The molecule has 0 radical (unpaired) electrons. The van der Waals surface area contributed by atoms with Gasteiger partial charge < -0.3 is 25.6 Å². The second-order valence-electron chi connectivity index (χ2n) is 10.0. The number of amidine groups is 1. The molecule has 0 amide bonds. The van der Waals surface area contributed by atoms with Crippen LogP contribution < -0.4 is 11.6 Å². The van der Waals surface area contributed by atoms with E-state index < -0.39 is 56.5 Å². The largest absolute Gasteiger partial charge is 0.490 e. The summed E-state index contributed by atoms with van der Waals surface area (Å²) in [6.45, 7) is 1.44. The molecule has 1 aromatic rings. The number of hydrogen-bond acceptors (Lipinski definition) is 11. The van der Waals surface area contributed by atoms with Gasteiger partial charge in [0.25, 0.3) is 0 Å². The molecule has 2 aliphatic heterocycles. The number of carboxylic acid groups (broad SMARTS) is 2. The van der Waals surface area contributed by atoms with Crippen LogP contribution in [-0.2, 0) is 34.0 Å². The molecule has 240 valence electrons. The predicted molar refractivity (Wildman–Crippen MR) is 143 cm³/mol. The number of nitrogens with two attached hydrogens (primary N) is 2. The van der Waals surface area contributed by atoms with Crippen LogP contribution in [0.1, 0.15) is 43.4 Å². The van der Waals surface area contributed by atoms with Gasteiger partial charge in [-0.3, -0.25) is 15.0 Å². The van der Waals surface area contributed by atoms with Crippen molar-refractivity contribution in [3.8, 4) is 0 Å². The fourth-order valence-electron chi connectivity index (χ4n) is 4.46. The Hall–Kier alpha value is -3.78. The fraction of sp³-hybridized carbons (Fsp3) is 0.500. The molecule has 0 saturated carbocycles. The van der Waals surface area contributed by atoms with Crippen molar-refractivity contribution in [1.29, 1.82) is 5.41 Å². The molecule has 3 rings (SSSR count). The third-order valence-corrected chi connectivity index (χ3v) is 9.13. The van der Waals surface area contributed by atoms with Gasteiger partial charge in [0, 0.05) is 26.1 Å². The summed E-state index contributed by atoms with van der Waals surface area (Å²) in [5, 5.41) is 25.8. The summed E-state index contributed by atoms with van der Waals surface area (Å²) in [5.74, 6) is 1.40. The van der Waals surface area contributed by atoms with Gasteiger partial charge in [-0.25, -0.2) is 9.59 Å². The van der Waals surface area contributed by atoms with Crippen LogP contribution in [0.15, 0.2) is 35.1 Å². The Bertz CT molecular complexity index is 1380. The van der Waals surface area contributed by atoms with Crippen molar-refractivity contribution in [3.05, 3.63) is 46.2 Å². The molecule has 4 atom stereocenters. The minimum Gasteiger partial charge on any atom is -0.477 e. The van der Waals surface area contributed by atoms with E-state index in [1.165, 1.54) is 18.9 Å². The summed E-state index contributed by atoms with van der Waals surface area (Å²) in [6.07, 6.45) is -5.86. The number of ketones is 1. The SMILES string of the molecule is CC1=C(S(=O)(=O)[N+](C)(N)[C@@H](CC(=O)C[C@H]2C[C@@H](c3ccc(C(=N)N)cc3)N(C)O2)C(=O)O)N(C)CO1.O=C(O)C(F)(F)F. The minimum atomic E-state index is -5.08. The first kappa shape index (κ1) is 35.4. The number of alkyl halides is 3. The number of carboxylic acids is 2. The molecule has 0 spiro atoms. The molecule has 1 fully saturated rings. The van der Waals surface area contributed by atoms with Crippen LogP contribution in [0, 0.1) is 5.41 Å². The first-order valence-electron chi connectivity index (χ1n) is 12.4. The van der Waals surface area contributed by atoms with Gasteiger partial charge in [-0.15, -0.1) is 4.00 Å². The number of nitrogens with zero attached hydrogens (tertiary/aromatic N) is 3. The van der Waals surface area contributed by atoms with Gasteiger partial charge in [-0.05, 0) is 18.9 Å². The standard InChI is InChI=1S/C22H32N6O7S.C2HF3O2/c1-13-21(26(2)12-34-13)36(32,33)28(4,25)19(22(30)31)10-16(29)9-17-11-18(27(3)35-17)14-5-7-15(8-6-14)20(23)24;3-2(4,5)1(6)7/h5-8,17-19H,9-12,25H2,1-4H3,(H3-,23,24,30,31);(H,6,7)/p+1/t17-,18-,19-,28?;/m0./s1. The minimum absolute atomic E-state index is 0.0117. The van der Waals surface area contributed by atoms with Gasteiger partial charge >= 0.3 is 28.1 Å². The van der Waals surface area contributed by atoms with Crippen LogP contribution in [0.3, 0.4) is 0 Å². The summed E-state index contributed by atoms with van der Waals surface area (Å²) >= 11 is 0. The lowest BCUT2D eigenvalue weighted by atomic mass is 9.97. The number of hydrogen-bond donors (Lipinski definition) is 5. The first-order chi connectivity index (χ1) is 19.6. The number of rotatable bonds is 10. The van der Waals surface area contributed by atoms with Gasteiger partial charge in [0.15, 0.2) is 6.73 Å². The Morgan fingerprint density at radius 1 is 1.19 bits per heavy atom. The second-order valence-corrected chi connectivity index (χ2v) is 12.2. The van der Waals surface area contributed by atoms with Crippen LogP contribution in [0.4, 0.5) is 13.2 Å². The van der Waals surface area contributed by atoms with E-state index >= 15 is 0 Å². The van der Waals surface area contributed by atoms with E-state index in [1.807, 2.05) is 12.1 Å². The molecule has 0 aromatic heterocycles. The number of aliphatic carboxylic acids is 2. The van der Waals surface area contributed by atoms with Crippen molar-refractivity contribution in [2.45, 2.75) is 50.6 Å². The highest BCUT2D eigenvalue weighted by Crippen LogP contribution is 2.35. The van der Waals surface area contributed by atoms with Crippen molar-refractivity contribution in [2.24, 2.45) is 11.6 Å². The molecule has 19 heteroatoms. The average Bonchev–Trinajstić information content (AvgIpc) is 3.42. The van der Waals surface area contributed by atoms with Crippen molar-refractivity contribution < 1.29 is 59.8 Å². The summed E-state index contributed by atoms with van der Waals surface area (Å²) in [5.41, 5.74) is 6.99. The van der Waals surface area contributed by atoms with Gasteiger partial charge in [0.2, 0.25) is 11.1 Å². The lowest BCUT2D eigenvalue weighted by molar-refractivity contribution is -0.814. The van der Waals surface area contributed by atoms with Gasteiger partial charge in [0.1, 0.15) is 24.4 Å². The maximum atomic E-state index is 13.3. The number of ether oxygens (including phenoxy) is 1. The lowest BCUT2D eigenvalue weighted by Crippen LogP contribution is -2.65. The summed E-state index contributed by atoms with van der Waals surface area (Å²) in [7, 11) is -0.152. The predicted octanol–water partition coefficient (Wildman–Crippen LogP) is 0.842. The molecule has 1 aromatic carbocycles. The Kier molecular flexibility index (Phi) is 10.9. The Morgan fingerprint density at radius 2 is 1.72 bits per heavy atom. The summed E-state index contributed by atoms with van der Waals surface area (Å²) in [6, 6.07) is 5.20. The number of nitrogens with one attached hydrogen (secondary N) is 1. The molecule has 15 nitrogen and oxygen atoms in total. The van der Waals surface area contributed by atoms with Crippen LogP contribution in [-0.4, -0.2) is 102 Å². The highest BCUT2D eigenvalue weighted by Gasteiger charge is 2.53. The monoisotopic (exact) mass is 639 g/mol. The molecule has 2 heterocycles. The number of benzene rings is 1. The molecule has 1 unspecified atom stereocenters. The zero-order chi connectivity index (χ0) is 33.1. The highest BCUT2D eigenvalue weighted by molar-refractivity contribution is 7.89. The number of allylic oxidation sites excluding steroid dienone is 1. The number of nitrogen functional groups attached to an aromatic ring is 1. The smallest absolute Gasteiger partial charge is 0.477 e. The molecule has 0 aliphatic carbocycles. The van der Waals surface area contributed by atoms with E-state index in [1.54, 1.807) is 24.2 Å². The number of carbonyl (C=O) groups excluding carboxylic acids is 1. The maximum Gasteiger partial charge on any atom is 0.490 e. The van der Waals surface area contributed by atoms with Crippen LogP contribution >= 0.6 is 0 Å². The number of carbonyl (C=O) groups is 3. The zero-order valence-corrected chi connectivity index (χ0v) is 24.5. The number of quaternary nitrogens is 1. The Morgan fingerprint density at radius 3 is 2.14 bits per heavy atom. The first-order valence-corrected chi connectivity index (χ1v) is 13.9. The quantitative estimate of drug-likeness (QED) is 0.0787. The van der Waals surface area contributed by atoms with Gasteiger partial charge in [0.05, 0.1) is 18.6 Å². The maximum absolute atomic E-state index is 13.3. The fourth-order valence-corrected chi connectivity index (χ4v) is 6.20. The molecule has 0 bridgehead atoms. The normalized spacial score (nSPS) is 21.3. The third kappa shape index (κ3) is 8.20. The highest BCUT2D eigenvalue weighted by atomic mass is 32.2. The van der Waals surface area contributed by atoms with E-state index in [9.17, 15) is 36.3 Å². The van der Waals surface area contributed by atoms with Crippen LogP contribution in [0.5, 0.6) is 0 Å². The van der Waals surface area contributed by atoms with E-state index in [0.717, 1.165) is 12.6 Å². The summed E-state index contributed by atoms with van der Waals surface area (Å²) < 4.78 is 62.1. The number of Topliss-reactive ketones (excluding diaryl/α,β-unsaturated/α-hetero) is 1. The molecule has 2 aliphatic rings. The average molecular weight is 640 g/mol. The molecular weight excluding hydrogens is 605 g/mol. The van der Waals surface area contributed by atoms with Crippen molar-refractivity contribution in [3.63, 3.8) is 0 Å². The topological polar surface area (TPSA) is 227 Å². The third-order valence-electron chi connectivity index (χ3n) is 6.75. The van der Waals surface area contributed by atoms with E-state index in [2.05, 4.69) is 0 Å². The van der Waals surface area contributed by atoms with Gasteiger partial charge in [-0.2, -0.15) is 32.5 Å². The molecular formula is C24H34F3N6O9S+. The number of hydroxylamine groups is 2. The Labute approximate surface area is 245 Å². The van der Waals surface area contributed by atoms with Crippen molar-refractivity contribution in [1.82, 2.24) is 9.96 Å². The molecule has 43 heavy (non-hydrogen) atoms. The Balaban J connectivity index is 0.000000821. The number of halogens is 3.